The van der Waals surface area contributed by atoms with Gasteiger partial charge in [0.15, 0.2) is 5.13 Å². The number of hydrogen-bond donors (Lipinski definition) is 2. The number of anilines is 1. The summed E-state index contributed by atoms with van der Waals surface area (Å²) in [4.78, 5) is 40.6. The predicted octanol–water partition coefficient (Wildman–Crippen LogP) is 3.57. The number of nitrogens with two attached hydrogens (primary N) is 1. The maximum Gasteiger partial charge on any atom is 0.324 e. The largest absolute Gasteiger partial charge is 0.368 e. The summed E-state index contributed by atoms with van der Waals surface area (Å²) >= 11 is 1.36. The molecule has 3 N–H and O–H groups in total. The minimum Gasteiger partial charge on any atom is -0.368 e. The molecule has 162 valence electrons. The van der Waals surface area contributed by atoms with Gasteiger partial charge in [-0.05, 0) is 31.2 Å². The molecule has 9 heteroatoms. The molecule has 0 bridgehead atoms. The third-order valence-corrected chi connectivity index (χ3v) is 7.27. The van der Waals surface area contributed by atoms with E-state index in [1.165, 1.54) is 16.2 Å². The lowest BCUT2D eigenvalue weighted by Gasteiger charge is -2.27. The highest BCUT2D eigenvalue weighted by Crippen LogP contribution is 2.34. The Balaban J connectivity index is 1.83. The molecule has 0 saturated carbocycles. The van der Waals surface area contributed by atoms with Gasteiger partial charge in [0.25, 0.3) is 0 Å². The van der Waals surface area contributed by atoms with Gasteiger partial charge in [0.2, 0.25) is 5.91 Å². The maximum absolute atomic E-state index is 12.7. The number of likely N-dealkylation sites (tertiary alicyclic amines) is 1. The molecule has 0 unspecified atom stereocenters. The van der Waals surface area contributed by atoms with E-state index in [1.807, 2.05) is 19.9 Å². The van der Waals surface area contributed by atoms with Crippen LogP contribution in [-0.2, 0) is 10.2 Å². The number of amides is 3. The number of aryl methyl sites for hydroxylation is 1. The maximum atomic E-state index is 12.7. The number of thiazole rings is 1. The number of aromatic nitrogens is 3. The molecule has 8 nitrogen and oxygen atoms in total. The second-order valence-corrected chi connectivity index (χ2v) is 9.81. The van der Waals surface area contributed by atoms with Crippen LogP contribution in [0.25, 0.3) is 10.6 Å². The third-order valence-electron chi connectivity index (χ3n) is 6.17. The van der Waals surface area contributed by atoms with Crippen LogP contribution in [-0.4, -0.2) is 44.4 Å². The van der Waals surface area contributed by atoms with Crippen LogP contribution >= 0.6 is 11.3 Å². The molecule has 30 heavy (non-hydrogen) atoms. The molecule has 3 rings (SSSR count). The van der Waals surface area contributed by atoms with Gasteiger partial charge in [-0.3, -0.25) is 10.1 Å². The molecule has 2 atom stereocenters. The Morgan fingerprint density at radius 3 is 2.67 bits per heavy atom. The first-order valence-electron chi connectivity index (χ1n) is 10.2. The number of carbonyl (C=O) groups is 2. The van der Waals surface area contributed by atoms with Gasteiger partial charge < -0.3 is 10.6 Å². The Morgan fingerprint density at radius 1 is 1.33 bits per heavy atom. The molecule has 2 aromatic heterocycles. The van der Waals surface area contributed by atoms with Crippen molar-refractivity contribution in [3.8, 4) is 10.6 Å². The van der Waals surface area contributed by atoms with Gasteiger partial charge in [0.05, 0.1) is 16.3 Å². The fraction of sp³-hybridized carbons (Fsp3) is 0.571. The van der Waals surface area contributed by atoms with E-state index in [9.17, 15) is 9.59 Å². The van der Waals surface area contributed by atoms with Crippen molar-refractivity contribution in [3.05, 3.63) is 23.8 Å². The molecule has 0 aliphatic carbocycles. The van der Waals surface area contributed by atoms with Crippen LogP contribution in [0.2, 0.25) is 0 Å². The van der Waals surface area contributed by atoms with Crippen molar-refractivity contribution in [1.29, 1.82) is 0 Å². The highest BCUT2D eigenvalue weighted by molar-refractivity contribution is 7.19. The minimum absolute atomic E-state index is 0.0468. The predicted molar refractivity (Wildman–Crippen MR) is 118 cm³/mol. The van der Waals surface area contributed by atoms with Crippen LogP contribution < -0.4 is 11.1 Å². The first-order valence-corrected chi connectivity index (χ1v) is 11.0. The smallest absolute Gasteiger partial charge is 0.324 e. The average Bonchev–Trinajstić information content (AvgIpc) is 3.24. The Hall–Kier alpha value is -2.55. The standard InChI is InChI=1S/C21H30N6O2S/c1-11(2)21(5,6)18-23-9-7-14(25-18)16-13(4)24-19(30-16)26-20(29)27-10-8-12(3)15(27)17(22)28/h7,9,11-12,15H,8,10H2,1-6H3,(H2,22,28)(H,24,26,29)/t12-,15-/m0/s1. The van der Waals surface area contributed by atoms with Gasteiger partial charge in [-0.2, -0.15) is 0 Å². The highest BCUT2D eigenvalue weighted by atomic mass is 32.1. The molecule has 1 aliphatic rings. The van der Waals surface area contributed by atoms with Crippen LogP contribution in [0.1, 0.15) is 52.6 Å². The molecule has 0 aromatic carbocycles. The van der Waals surface area contributed by atoms with E-state index in [1.54, 1.807) is 6.20 Å². The van der Waals surface area contributed by atoms with Crippen molar-refractivity contribution in [2.24, 2.45) is 17.6 Å². The number of carbonyl (C=O) groups excluding carboxylic acids is 2. The Labute approximate surface area is 181 Å². The van der Waals surface area contributed by atoms with Gasteiger partial charge >= 0.3 is 6.03 Å². The fourth-order valence-corrected chi connectivity index (χ4v) is 4.44. The topological polar surface area (TPSA) is 114 Å². The number of hydrogen-bond acceptors (Lipinski definition) is 6. The number of nitrogens with one attached hydrogen (secondary N) is 1. The Bertz CT molecular complexity index is 955. The first-order chi connectivity index (χ1) is 14.0. The normalized spacial score (nSPS) is 19.4. The van der Waals surface area contributed by atoms with Gasteiger partial charge in [-0.15, -0.1) is 0 Å². The molecule has 1 fully saturated rings. The minimum atomic E-state index is -0.590. The van der Waals surface area contributed by atoms with Crippen LogP contribution in [0, 0.1) is 18.8 Å². The molecule has 1 saturated heterocycles. The van der Waals surface area contributed by atoms with Crippen molar-refractivity contribution < 1.29 is 9.59 Å². The average molecular weight is 431 g/mol. The van der Waals surface area contributed by atoms with E-state index in [-0.39, 0.29) is 17.4 Å². The molecular weight excluding hydrogens is 400 g/mol. The zero-order valence-corrected chi connectivity index (χ0v) is 19.2. The van der Waals surface area contributed by atoms with Crippen molar-refractivity contribution in [2.75, 3.05) is 11.9 Å². The van der Waals surface area contributed by atoms with Gasteiger partial charge in [-0.25, -0.2) is 19.7 Å². The molecule has 0 spiro atoms. The zero-order valence-electron chi connectivity index (χ0n) is 18.4. The van der Waals surface area contributed by atoms with Crippen molar-refractivity contribution in [1.82, 2.24) is 19.9 Å². The molecule has 2 aromatic rings. The van der Waals surface area contributed by atoms with Crippen molar-refractivity contribution in [2.45, 2.75) is 59.4 Å². The lowest BCUT2D eigenvalue weighted by molar-refractivity contribution is -0.122. The summed E-state index contributed by atoms with van der Waals surface area (Å²) in [7, 11) is 0. The fourth-order valence-electron chi connectivity index (χ4n) is 3.51. The molecular formula is C21H30N6O2S. The van der Waals surface area contributed by atoms with E-state index in [4.69, 9.17) is 10.7 Å². The molecule has 1 aliphatic heterocycles. The van der Waals surface area contributed by atoms with E-state index < -0.39 is 11.9 Å². The third kappa shape index (κ3) is 4.16. The van der Waals surface area contributed by atoms with Crippen molar-refractivity contribution >= 4 is 28.4 Å². The second kappa shape index (κ2) is 8.29. The van der Waals surface area contributed by atoms with Crippen LogP contribution in [0.3, 0.4) is 0 Å². The summed E-state index contributed by atoms with van der Waals surface area (Å²) in [5, 5.41) is 3.30. The quantitative estimate of drug-likeness (QED) is 0.753. The SMILES string of the molecule is Cc1nc(NC(=O)N2CC[C@H](C)[C@H]2C(N)=O)sc1-c1ccnc(C(C)(C)C(C)C)n1. The summed E-state index contributed by atoms with van der Waals surface area (Å²) in [6.07, 6.45) is 2.51. The van der Waals surface area contributed by atoms with E-state index in [0.717, 1.165) is 28.5 Å². The first kappa shape index (κ1) is 22.1. The van der Waals surface area contributed by atoms with Crippen LogP contribution in [0.5, 0.6) is 0 Å². The number of primary amides is 1. The monoisotopic (exact) mass is 430 g/mol. The van der Waals surface area contributed by atoms with E-state index >= 15 is 0 Å². The van der Waals surface area contributed by atoms with Gasteiger partial charge in [0.1, 0.15) is 11.9 Å². The molecule has 3 amide bonds. The van der Waals surface area contributed by atoms with Gasteiger partial charge in [-0.1, -0.05) is 46.0 Å². The molecule has 3 heterocycles. The van der Waals surface area contributed by atoms with E-state index in [0.29, 0.717) is 17.6 Å². The summed E-state index contributed by atoms with van der Waals surface area (Å²) in [5.41, 5.74) is 6.90. The summed E-state index contributed by atoms with van der Waals surface area (Å²) in [5.74, 6) is 0.730. The Morgan fingerprint density at radius 2 is 2.03 bits per heavy atom. The lowest BCUT2D eigenvalue weighted by atomic mass is 9.80. The second-order valence-electron chi connectivity index (χ2n) is 8.81. The number of urea groups is 1. The number of nitrogens with zero attached hydrogens (tertiary/aromatic N) is 4. The van der Waals surface area contributed by atoms with Crippen molar-refractivity contribution in [3.63, 3.8) is 0 Å². The van der Waals surface area contributed by atoms with Crippen LogP contribution in [0.15, 0.2) is 12.3 Å². The van der Waals surface area contributed by atoms with E-state index in [2.05, 4.69) is 43.0 Å². The zero-order chi connectivity index (χ0) is 22.2. The number of rotatable bonds is 5. The van der Waals surface area contributed by atoms with Crippen LogP contribution in [0.4, 0.5) is 9.93 Å². The highest BCUT2D eigenvalue weighted by Gasteiger charge is 2.38. The summed E-state index contributed by atoms with van der Waals surface area (Å²) in [6.45, 7) is 12.9. The van der Waals surface area contributed by atoms with Gasteiger partial charge in [0, 0.05) is 18.2 Å². The molecule has 0 radical (unpaired) electrons. The summed E-state index contributed by atoms with van der Waals surface area (Å²) in [6, 6.07) is 0.915. The Kier molecular flexibility index (Phi) is 6.12. The lowest BCUT2D eigenvalue weighted by Crippen LogP contribution is -2.47. The summed E-state index contributed by atoms with van der Waals surface area (Å²) < 4.78 is 0.